The van der Waals surface area contributed by atoms with Crippen LogP contribution in [0.25, 0.3) is 0 Å². The zero-order chi connectivity index (χ0) is 14.9. The first-order chi connectivity index (χ1) is 10.8. The standard InChI is InChI=1S/C20H24N2/c1-21-15-22(18-10-6-3-7-11-18)20-14-17(12-13-19(20)21)16-8-4-2-5-9-16/h3,6-7,10-14,16H,2,4-5,8-9,15H2,1H3. The molecule has 2 aromatic carbocycles. The van der Waals surface area contributed by atoms with Gasteiger partial charge in [-0.2, -0.15) is 0 Å². The predicted molar refractivity (Wildman–Crippen MR) is 94.1 cm³/mol. The van der Waals surface area contributed by atoms with Crippen molar-refractivity contribution in [2.75, 3.05) is 23.5 Å². The Bertz CT molecular complexity index is 644. The summed E-state index contributed by atoms with van der Waals surface area (Å²) in [6.45, 7) is 0.938. The van der Waals surface area contributed by atoms with Crippen LogP contribution in [0, 0.1) is 0 Å². The minimum absolute atomic E-state index is 0.766. The van der Waals surface area contributed by atoms with E-state index in [4.69, 9.17) is 0 Å². The molecule has 0 amide bonds. The van der Waals surface area contributed by atoms with E-state index in [2.05, 4.69) is 65.4 Å². The average Bonchev–Trinajstić information content (AvgIpc) is 2.93. The van der Waals surface area contributed by atoms with Gasteiger partial charge in [-0.1, -0.05) is 43.5 Å². The summed E-state index contributed by atoms with van der Waals surface area (Å²) in [7, 11) is 2.18. The number of anilines is 3. The summed E-state index contributed by atoms with van der Waals surface area (Å²) in [5.41, 5.74) is 5.55. The second kappa shape index (κ2) is 5.68. The normalized spacial score (nSPS) is 18.6. The van der Waals surface area contributed by atoms with Gasteiger partial charge in [0.05, 0.1) is 18.0 Å². The third kappa shape index (κ3) is 2.37. The van der Waals surface area contributed by atoms with Crippen LogP contribution >= 0.6 is 0 Å². The molecule has 0 saturated heterocycles. The number of fused-ring (bicyclic) bond motifs is 1. The zero-order valence-corrected chi connectivity index (χ0v) is 13.3. The van der Waals surface area contributed by atoms with Crippen molar-refractivity contribution >= 4 is 17.1 Å². The van der Waals surface area contributed by atoms with Crippen molar-refractivity contribution in [3.8, 4) is 0 Å². The summed E-state index contributed by atoms with van der Waals surface area (Å²) in [6, 6.07) is 17.9. The van der Waals surface area contributed by atoms with Crippen LogP contribution in [-0.2, 0) is 0 Å². The molecule has 2 nitrogen and oxygen atoms in total. The molecule has 1 fully saturated rings. The second-order valence-corrected chi connectivity index (χ2v) is 6.69. The van der Waals surface area contributed by atoms with Gasteiger partial charge in [0, 0.05) is 12.7 Å². The molecule has 0 spiro atoms. The van der Waals surface area contributed by atoms with Crippen molar-refractivity contribution in [3.63, 3.8) is 0 Å². The van der Waals surface area contributed by atoms with Gasteiger partial charge in [-0.05, 0) is 48.6 Å². The predicted octanol–water partition coefficient (Wildman–Crippen LogP) is 5.28. The van der Waals surface area contributed by atoms with Gasteiger partial charge in [0.25, 0.3) is 0 Å². The lowest BCUT2D eigenvalue weighted by Gasteiger charge is -2.24. The van der Waals surface area contributed by atoms with Crippen LogP contribution in [0.4, 0.5) is 17.1 Å². The van der Waals surface area contributed by atoms with Crippen molar-refractivity contribution in [3.05, 3.63) is 54.1 Å². The molecule has 0 bridgehead atoms. The van der Waals surface area contributed by atoms with E-state index < -0.39 is 0 Å². The van der Waals surface area contributed by atoms with Crippen LogP contribution in [0.3, 0.4) is 0 Å². The Morgan fingerprint density at radius 1 is 0.864 bits per heavy atom. The minimum atomic E-state index is 0.766. The summed E-state index contributed by atoms with van der Waals surface area (Å²) in [5, 5.41) is 0. The number of hydrogen-bond acceptors (Lipinski definition) is 2. The molecule has 22 heavy (non-hydrogen) atoms. The van der Waals surface area contributed by atoms with Gasteiger partial charge in [0.2, 0.25) is 0 Å². The summed E-state index contributed by atoms with van der Waals surface area (Å²) in [5.74, 6) is 0.766. The first kappa shape index (κ1) is 13.7. The summed E-state index contributed by atoms with van der Waals surface area (Å²) >= 11 is 0. The number of hydrogen-bond donors (Lipinski definition) is 0. The summed E-state index contributed by atoms with van der Waals surface area (Å²) < 4.78 is 0. The van der Waals surface area contributed by atoms with Crippen LogP contribution < -0.4 is 9.80 Å². The Balaban J connectivity index is 1.71. The van der Waals surface area contributed by atoms with Crippen molar-refractivity contribution in [2.24, 2.45) is 0 Å². The zero-order valence-electron chi connectivity index (χ0n) is 13.3. The maximum Gasteiger partial charge on any atom is 0.0950 e. The Morgan fingerprint density at radius 2 is 1.64 bits per heavy atom. The fourth-order valence-corrected chi connectivity index (χ4v) is 3.96. The molecule has 0 unspecified atom stereocenters. The molecule has 1 saturated carbocycles. The van der Waals surface area contributed by atoms with E-state index in [1.54, 1.807) is 0 Å². The van der Waals surface area contributed by atoms with E-state index in [9.17, 15) is 0 Å². The van der Waals surface area contributed by atoms with Crippen LogP contribution in [0.2, 0.25) is 0 Å². The molecule has 1 aliphatic heterocycles. The van der Waals surface area contributed by atoms with Crippen molar-refractivity contribution in [1.29, 1.82) is 0 Å². The monoisotopic (exact) mass is 292 g/mol. The SMILES string of the molecule is CN1CN(c2ccccc2)c2cc(C3CCCCC3)ccc21. The van der Waals surface area contributed by atoms with E-state index in [1.165, 1.54) is 54.7 Å². The molecule has 2 heteroatoms. The van der Waals surface area contributed by atoms with Gasteiger partial charge in [-0.15, -0.1) is 0 Å². The largest absolute Gasteiger partial charge is 0.355 e. The highest BCUT2D eigenvalue weighted by atomic mass is 15.4. The van der Waals surface area contributed by atoms with Crippen LogP contribution in [0.15, 0.2) is 48.5 Å². The maximum atomic E-state index is 2.45. The van der Waals surface area contributed by atoms with Crippen molar-refractivity contribution < 1.29 is 0 Å². The molecule has 2 aromatic rings. The first-order valence-electron chi connectivity index (χ1n) is 8.50. The number of rotatable bonds is 2. The van der Waals surface area contributed by atoms with E-state index in [-0.39, 0.29) is 0 Å². The fourth-order valence-electron chi connectivity index (χ4n) is 3.96. The van der Waals surface area contributed by atoms with E-state index in [1.807, 2.05) is 0 Å². The van der Waals surface area contributed by atoms with Gasteiger partial charge in [0.1, 0.15) is 0 Å². The Morgan fingerprint density at radius 3 is 2.41 bits per heavy atom. The summed E-state index contributed by atoms with van der Waals surface area (Å²) in [6.07, 6.45) is 6.92. The lowest BCUT2D eigenvalue weighted by atomic mass is 9.84. The van der Waals surface area contributed by atoms with E-state index in [0.29, 0.717) is 0 Å². The topological polar surface area (TPSA) is 6.48 Å². The first-order valence-corrected chi connectivity index (χ1v) is 8.50. The van der Waals surface area contributed by atoms with Gasteiger partial charge in [0.15, 0.2) is 0 Å². The highest BCUT2D eigenvalue weighted by Crippen LogP contribution is 2.43. The molecule has 0 aromatic heterocycles. The number of benzene rings is 2. The number of nitrogens with zero attached hydrogens (tertiary/aromatic N) is 2. The average molecular weight is 292 g/mol. The van der Waals surface area contributed by atoms with Crippen molar-refractivity contribution in [1.82, 2.24) is 0 Å². The van der Waals surface area contributed by atoms with Crippen LogP contribution in [-0.4, -0.2) is 13.7 Å². The van der Waals surface area contributed by atoms with Crippen LogP contribution in [0.5, 0.6) is 0 Å². The molecular weight excluding hydrogens is 268 g/mol. The molecule has 1 aliphatic carbocycles. The van der Waals surface area contributed by atoms with E-state index >= 15 is 0 Å². The maximum absolute atomic E-state index is 2.45. The van der Waals surface area contributed by atoms with Gasteiger partial charge >= 0.3 is 0 Å². The molecule has 0 atom stereocenters. The molecule has 114 valence electrons. The molecule has 0 N–H and O–H groups in total. The third-order valence-electron chi connectivity index (χ3n) is 5.20. The highest BCUT2D eigenvalue weighted by Gasteiger charge is 2.26. The molecular formula is C20H24N2. The molecule has 4 rings (SSSR count). The van der Waals surface area contributed by atoms with Gasteiger partial charge in [-0.25, -0.2) is 0 Å². The Kier molecular flexibility index (Phi) is 3.53. The fraction of sp³-hybridized carbons (Fsp3) is 0.400. The number of para-hydroxylation sites is 1. The van der Waals surface area contributed by atoms with Crippen molar-refractivity contribution in [2.45, 2.75) is 38.0 Å². The lowest BCUT2D eigenvalue weighted by Crippen LogP contribution is -2.23. The minimum Gasteiger partial charge on any atom is -0.355 e. The quantitative estimate of drug-likeness (QED) is 0.743. The van der Waals surface area contributed by atoms with Gasteiger partial charge in [-0.3, -0.25) is 0 Å². The second-order valence-electron chi connectivity index (χ2n) is 6.69. The molecule has 2 aliphatic rings. The lowest BCUT2D eigenvalue weighted by molar-refractivity contribution is 0.444. The smallest absolute Gasteiger partial charge is 0.0950 e. The van der Waals surface area contributed by atoms with Gasteiger partial charge < -0.3 is 9.80 Å². The molecule has 0 radical (unpaired) electrons. The Labute approximate surface area is 133 Å². The third-order valence-corrected chi connectivity index (χ3v) is 5.20. The molecule has 1 heterocycles. The highest BCUT2D eigenvalue weighted by molar-refractivity contribution is 5.82. The van der Waals surface area contributed by atoms with Crippen LogP contribution in [0.1, 0.15) is 43.6 Å². The Hall–Kier alpha value is -1.96. The van der Waals surface area contributed by atoms with E-state index in [0.717, 1.165) is 12.6 Å². The summed E-state index contributed by atoms with van der Waals surface area (Å²) in [4.78, 5) is 4.77.